The molecule has 0 aliphatic rings. The molecule has 3 aromatic rings. The summed E-state index contributed by atoms with van der Waals surface area (Å²) in [7, 11) is 0. The summed E-state index contributed by atoms with van der Waals surface area (Å²) >= 11 is 6.14. The molecule has 3 rings (SSSR count). The smallest absolute Gasteiger partial charge is 0.163 e. The minimum absolute atomic E-state index is 0.380. The maximum absolute atomic E-state index is 6.14. The van der Waals surface area contributed by atoms with E-state index in [2.05, 4.69) is 48.6 Å². The molecule has 0 amide bonds. The summed E-state index contributed by atoms with van der Waals surface area (Å²) < 4.78 is 4.14. The van der Waals surface area contributed by atoms with Crippen LogP contribution in [0.5, 0.6) is 0 Å². The van der Waals surface area contributed by atoms with Crippen molar-refractivity contribution in [2.24, 2.45) is 0 Å². The number of rotatable bonds is 3. The first-order valence-electron chi connectivity index (χ1n) is 7.15. The number of alkyl halides is 1. The van der Waals surface area contributed by atoms with Gasteiger partial charge in [0.15, 0.2) is 5.65 Å². The van der Waals surface area contributed by atoms with E-state index < -0.39 is 0 Å². The number of aromatic nitrogens is 4. The van der Waals surface area contributed by atoms with E-state index in [0.29, 0.717) is 5.88 Å². The quantitative estimate of drug-likeness (QED) is 0.688. The van der Waals surface area contributed by atoms with Crippen LogP contribution in [0.15, 0.2) is 18.2 Å². The number of hydrogen-bond acceptors (Lipinski definition) is 2. The van der Waals surface area contributed by atoms with Crippen LogP contribution in [0.2, 0.25) is 0 Å². The Hall–Kier alpha value is -1.81. The molecule has 0 saturated carbocycles. The summed E-state index contributed by atoms with van der Waals surface area (Å²) in [6.45, 7) is 9.14. The summed E-state index contributed by atoms with van der Waals surface area (Å²) in [5.41, 5.74) is 6.54. The van der Waals surface area contributed by atoms with E-state index in [1.54, 1.807) is 0 Å². The number of hydrogen-bond donors (Lipinski definition) is 0. The number of aryl methyl sites for hydroxylation is 3. The van der Waals surface area contributed by atoms with Crippen molar-refractivity contribution in [3.8, 4) is 5.69 Å². The molecule has 5 heteroatoms. The van der Waals surface area contributed by atoms with Gasteiger partial charge < -0.3 is 0 Å². The zero-order valence-corrected chi connectivity index (χ0v) is 13.6. The van der Waals surface area contributed by atoms with Gasteiger partial charge in [-0.1, -0.05) is 12.1 Å². The van der Waals surface area contributed by atoms with Gasteiger partial charge in [0.05, 0.1) is 17.3 Å². The summed E-state index contributed by atoms with van der Waals surface area (Å²) in [6, 6.07) is 6.30. The maximum Gasteiger partial charge on any atom is 0.163 e. The van der Waals surface area contributed by atoms with E-state index in [-0.39, 0.29) is 0 Å². The van der Waals surface area contributed by atoms with Gasteiger partial charge in [-0.05, 0) is 44.9 Å². The monoisotopic (exact) mass is 302 g/mol. The van der Waals surface area contributed by atoms with Crippen molar-refractivity contribution < 1.29 is 0 Å². The van der Waals surface area contributed by atoms with Gasteiger partial charge in [0.25, 0.3) is 0 Å². The Balaban J connectivity index is 2.42. The second-order valence-corrected chi connectivity index (χ2v) is 5.56. The second-order valence-electron chi connectivity index (χ2n) is 5.29. The van der Waals surface area contributed by atoms with Crippen molar-refractivity contribution in [2.45, 2.75) is 40.1 Å². The molecule has 2 aromatic heterocycles. The Bertz CT molecular complexity index is 813. The number of nitrogens with zero attached hydrogens (tertiary/aromatic N) is 4. The Morgan fingerprint density at radius 3 is 2.62 bits per heavy atom. The van der Waals surface area contributed by atoms with Crippen LogP contribution in [0.1, 0.15) is 29.6 Å². The molecule has 4 nitrogen and oxygen atoms in total. The van der Waals surface area contributed by atoms with Crippen LogP contribution in [0.4, 0.5) is 0 Å². The standard InChI is InChI=1S/C16H19ClN4/c1-5-20-16-15(12(4)19-20)18-14(9-17)21(16)13-8-6-7-10(2)11(13)3/h6-8H,5,9H2,1-4H3. The molecule has 0 unspecified atom stereocenters. The highest BCUT2D eigenvalue weighted by Crippen LogP contribution is 2.27. The van der Waals surface area contributed by atoms with Gasteiger partial charge in [-0.3, -0.25) is 4.57 Å². The number of halogens is 1. The van der Waals surface area contributed by atoms with Crippen molar-refractivity contribution in [1.29, 1.82) is 0 Å². The third-order valence-corrected chi connectivity index (χ3v) is 4.26. The lowest BCUT2D eigenvalue weighted by molar-refractivity contribution is 0.660. The lowest BCUT2D eigenvalue weighted by atomic mass is 10.1. The van der Waals surface area contributed by atoms with E-state index in [0.717, 1.165) is 34.9 Å². The fourth-order valence-corrected chi connectivity index (χ4v) is 2.93. The molecule has 0 fully saturated rings. The van der Waals surface area contributed by atoms with E-state index in [4.69, 9.17) is 16.6 Å². The van der Waals surface area contributed by atoms with Gasteiger partial charge in [-0.2, -0.15) is 5.10 Å². The third-order valence-electron chi connectivity index (χ3n) is 4.02. The van der Waals surface area contributed by atoms with Gasteiger partial charge in [-0.25, -0.2) is 9.67 Å². The Labute approximate surface area is 129 Å². The number of fused-ring (bicyclic) bond motifs is 1. The molecule has 0 saturated heterocycles. The molecule has 0 aliphatic carbocycles. The van der Waals surface area contributed by atoms with Gasteiger partial charge >= 0.3 is 0 Å². The first-order valence-corrected chi connectivity index (χ1v) is 7.69. The predicted molar refractivity (Wildman–Crippen MR) is 86.3 cm³/mol. The van der Waals surface area contributed by atoms with E-state index in [1.165, 1.54) is 11.1 Å². The van der Waals surface area contributed by atoms with E-state index >= 15 is 0 Å². The molecule has 0 radical (unpaired) electrons. The minimum atomic E-state index is 0.380. The normalized spacial score (nSPS) is 11.5. The van der Waals surface area contributed by atoms with Crippen LogP contribution >= 0.6 is 11.6 Å². The van der Waals surface area contributed by atoms with Crippen molar-refractivity contribution in [3.63, 3.8) is 0 Å². The van der Waals surface area contributed by atoms with Crippen molar-refractivity contribution >= 4 is 22.8 Å². The lowest BCUT2D eigenvalue weighted by Gasteiger charge is -2.13. The molecule has 110 valence electrons. The van der Waals surface area contributed by atoms with Crippen molar-refractivity contribution in [3.05, 3.63) is 40.8 Å². The van der Waals surface area contributed by atoms with Crippen LogP contribution < -0.4 is 0 Å². The van der Waals surface area contributed by atoms with E-state index in [9.17, 15) is 0 Å². The highest BCUT2D eigenvalue weighted by molar-refractivity contribution is 6.17. The zero-order valence-electron chi connectivity index (χ0n) is 12.8. The molecule has 1 aromatic carbocycles. The molecule has 0 bridgehead atoms. The molecule has 21 heavy (non-hydrogen) atoms. The van der Waals surface area contributed by atoms with Crippen molar-refractivity contribution in [2.75, 3.05) is 0 Å². The molecule has 0 N–H and O–H groups in total. The lowest BCUT2D eigenvalue weighted by Crippen LogP contribution is -2.08. The topological polar surface area (TPSA) is 35.6 Å². The Morgan fingerprint density at radius 1 is 1.19 bits per heavy atom. The average molecular weight is 303 g/mol. The summed E-state index contributed by atoms with van der Waals surface area (Å²) in [5.74, 6) is 1.24. The second kappa shape index (κ2) is 5.19. The number of imidazole rings is 1. The molecular formula is C16H19ClN4. The average Bonchev–Trinajstić information content (AvgIpc) is 3.00. The fraction of sp³-hybridized carbons (Fsp3) is 0.375. The summed E-state index contributed by atoms with van der Waals surface area (Å²) in [5, 5.41) is 4.57. The molecule has 0 atom stereocenters. The summed E-state index contributed by atoms with van der Waals surface area (Å²) in [4.78, 5) is 4.69. The Kier molecular flexibility index (Phi) is 3.49. The number of benzene rings is 1. The predicted octanol–water partition coefficient (Wildman–Crippen LogP) is 3.91. The first kappa shape index (κ1) is 14.1. The molecule has 0 spiro atoms. The maximum atomic E-state index is 6.14. The molecule has 0 aliphatic heterocycles. The van der Waals surface area contributed by atoms with Gasteiger partial charge in [0.1, 0.15) is 11.3 Å². The van der Waals surface area contributed by atoms with Gasteiger partial charge in [0, 0.05) is 6.54 Å². The van der Waals surface area contributed by atoms with Gasteiger partial charge in [-0.15, -0.1) is 11.6 Å². The zero-order chi connectivity index (χ0) is 15.1. The molecular weight excluding hydrogens is 284 g/mol. The summed E-state index contributed by atoms with van der Waals surface area (Å²) in [6.07, 6.45) is 0. The highest BCUT2D eigenvalue weighted by Gasteiger charge is 2.20. The molecule has 2 heterocycles. The Morgan fingerprint density at radius 2 is 1.95 bits per heavy atom. The minimum Gasteiger partial charge on any atom is -0.280 e. The van der Waals surface area contributed by atoms with Crippen LogP contribution in [0, 0.1) is 20.8 Å². The first-order chi connectivity index (χ1) is 10.1. The SMILES string of the molecule is CCn1nc(C)c2nc(CCl)n(-c3cccc(C)c3C)c21. The van der Waals surface area contributed by atoms with Crippen LogP contribution in [-0.4, -0.2) is 19.3 Å². The fourth-order valence-electron chi connectivity index (χ4n) is 2.75. The van der Waals surface area contributed by atoms with Crippen molar-refractivity contribution in [1.82, 2.24) is 19.3 Å². The van der Waals surface area contributed by atoms with Crippen LogP contribution in [-0.2, 0) is 12.4 Å². The third kappa shape index (κ3) is 2.05. The van der Waals surface area contributed by atoms with Gasteiger partial charge in [0.2, 0.25) is 0 Å². The van der Waals surface area contributed by atoms with E-state index in [1.807, 2.05) is 11.6 Å². The van der Waals surface area contributed by atoms with Crippen LogP contribution in [0.3, 0.4) is 0 Å². The largest absolute Gasteiger partial charge is 0.280 e. The highest BCUT2D eigenvalue weighted by atomic mass is 35.5. The van der Waals surface area contributed by atoms with Crippen LogP contribution in [0.25, 0.3) is 16.9 Å².